The molecule has 0 aliphatic heterocycles. The summed E-state index contributed by atoms with van der Waals surface area (Å²) in [5.74, 6) is 1.89. The van der Waals surface area contributed by atoms with Gasteiger partial charge in [-0.2, -0.15) is 0 Å². The smallest absolute Gasteiger partial charge is 0.169 e. The molecule has 0 atom stereocenters. The van der Waals surface area contributed by atoms with E-state index < -0.39 is 0 Å². The molecule has 122 valence electrons. The van der Waals surface area contributed by atoms with Gasteiger partial charge in [0.15, 0.2) is 10.8 Å². The van der Waals surface area contributed by atoms with Gasteiger partial charge in [-0.1, -0.05) is 6.92 Å². The quantitative estimate of drug-likeness (QED) is 0.560. The molecular weight excluding hydrogens is 320 g/mol. The Balaban J connectivity index is 1.76. The normalized spacial score (nSPS) is 11.4. The standard InChI is InChI=1S/C17H18N6S/c1-3-12-9-13-14(10-20-12)23(4-2)15(21-13)11-22-7-5-18-16(22)17-19-6-8-24-17/h5-10H,3-4,11H2,1-2H3. The highest BCUT2D eigenvalue weighted by molar-refractivity contribution is 7.13. The molecule has 0 fully saturated rings. The third kappa shape index (κ3) is 2.50. The largest absolute Gasteiger partial charge is 0.325 e. The molecule has 7 heteroatoms. The summed E-state index contributed by atoms with van der Waals surface area (Å²) in [7, 11) is 0. The van der Waals surface area contributed by atoms with Crippen molar-refractivity contribution in [2.75, 3.05) is 0 Å². The maximum absolute atomic E-state index is 4.85. The molecule has 0 aromatic carbocycles. The first-order chi connectivity index (χ1) is 11.8. The fourth-order valence-electron chi connectivity index (χ4n) is 2.90. The summed E-state index contributed by atoms with van der Waals surface area (Å²) in [6.07, 6.45) is 8.44. The van der Waals surface area contributed by atoms with Crippen LogP contribution in [-0.4, -0.2) is 29.1 Å². The first kappa shape index (κ1) is 15.0. The zero-order valence-corrected chi connectivity index (χ0v) is 14.5. The van der Waals surface area contributed by atoms with Crippen LogP contribution < -0.4 is 0 Å². The van der Waals surface area contributed by atoms with Crippen LogP contribution in [0.15, 0.2) is 36.2 Å². The molecule has 0 unspecified atom stereocenters. The summed E-state index contributed by atoms with van der Waals surface area (Å²) >= 11 is 1.59. The average Bonchev–Trinajstić information content (AvgIpc) is 3.33. The molecule has 0 bridgehead atoms. The molecule has 0 aliphatic carbocycles. The van der Waals surface area contributed by atoms with Gasteiger partial charge in [-0.25, -0.2) is 15.0 Å². The number of fused-ring (bicyclic) bond motifs is 1. The van der Waals surface area contributed by atoms with E-state index >= 15 is 0 Å². The van der Waals surface area contributed by atoms with Gasteiger partial charge in [0.1, 0.15) is 5.82 Å². The van der Waals surface area contributed by atoms with Crippen LogP contribution in [0.3, 0.4) is 0 Å². The Hall–Kier alpha value is -2.54. The Kier molecular flexibility index (Phi) is 3.86. The molecule has 0 saturated carbocycles. The van der Waals surface area contributed by atoms with E-state index in [0.717, 1.165) is 46.3 Å². The maximum Gasteiger partial charge on any atom is 0.169 e. The molecule has 4 aromatic rings. The zero-order chi connectivity index (χ0) is 16.5. The van der Waals surface area contributed by atoms with Crippen molar-refractivity contribution < 1.29 is 0 Å². The Morgan fingerprint density at radius 1 is 1.12 bits per heavy atom. The lowest BCUT2D eigenvalue weighted by Gasteiger charge is -2.08. The maximum atomic E-state index is 4.85. The van der Waals surface area contributed by atoms with Gasteiger partial charge < -0.3 is 9.13 Å². The van der Waals surface area contributed by atoms with Crippen LogP contribution in [0.5, 0.6) is 0 Å². The topological polar surface area (TPSA) is 61.4 Å². The first-order valence-electron chi connectivity index (χ1n) is 8.05. The molecule has 0 amide bonds. The third-order valence-electron chi connectivity index (χ3n) is 4.10. The fraction of sp³-hybridized carbons (Fsp3) is 0.294. The summed E-state index contributed by atoms with van der Waals surface area (Å²) in [6.45, 7) is 5.77. The molecule has 4 rings (SSSR count). The number of aryl methyl sites for hydroxylation is 2. The van der Waals surface area contributed by atoms with E-state index in [0.29, 0.717) is 6.54 Å². The van der Waals surface area contributed by atoms with E-state index in [1.165, 1.54) is 0 Å². The van der Waals surface area contributed by atoms with Gasteiger partial charge in [0.2, 0.25) is 0 Å². The molecule has 4 heterocycles. The lowest BCUT2D eigenvalue weighted by atomic mass is 10.3. The van der Waals surface area contributed by atoms with Crippen molar-refractivity contribution >= 4 is 22.4 Å². The number of nitrogens with zero attached hydrogens (tertiary/aromatic N) is 6. The Labute approximate surface area is 143 Å². The van der Waals surface area contributed by atoms with Crippen LogP contribution in [0.4, 0.5) is 0 Å². The number of thiazole rings is 1. The second-order valence-electron chi connectivity index (χ2n) is 5.51. The second-order valence-corrected chi connectivity index (χ2v) is 6.40. The average molecular weight is 338 g/mol. The Bertz CT molecular complexity index is 966. The van der Waals surface area contributed by atoms with Gasteiger partial charge in [-0.15, -0.1) is 11.3 Å². The molecule has 6 nitrogen and oxygen atoms in total. The highest BCUT2D eigenvalue weighted by Crippen LogP contribution is 2.22. The SMILES string of the molecule is CCc1cc2nc(Cn3ccnc3-c3nccs3)n(CC)c2cn1. The monoisotopic (exact) mass is 338 g/mol. The molecule has 0 aliphatic rings. The number of pyridine rings is 1. The highest BCUT2D eigenvalue weighted by Gasteiger charge is 2.14. The zero-order valence-electron chi connectivity index (χ0n) is 13.7. The lowest BCUT2D eigenvalue weighted by Crippen LogP contribution is -2.08. The minimum Gasteiger partial charge on any atom is -0.325 e. The predicted octanol–water partition coefficient (Wildman–Crippen LogP) is 3.38. The van der Waals surface area contributed by atoms with Crippen LogP contribution in [0.2, 0.25) is 0 Å². The van der Waals surface area contributed by atoms with E-state index in [9.17, 15) is 0 Å². The summed E-state index contributed by atoms with van der Waals surface area (Å²) in [5, 5.41) is 2.89. The van der Waals surface area contributed by atoms with Crippen molar-refractivity contribution in [3.05, 3.63) is 47.8 Å². The van der Waals surface area contributed by atoms with Crippen LogP contribution in [0.1, 0.15) is 25.4 Å². The summed E-state index contributed by atoms with van der Waals surface area (Å²) in [4.78, 5) is 18.2. The van der Waals surface area contributed by atoms with E-state index in [1.54, 1.807) is 17.5 Å². The minimum atomic E-state index is 0.666. The van der Waals surface area contributed by atoms with Crippen LogP contribution in [0, 0.1) is 0 Å². The van der Waals surface area contributed by atoms with Crippen molar-refractivity contribution in [1.29, 1.82) is 0 Å². The molecule has 0 spiro atoms. The molecule has 0 saturated heterocycles. The second kappa shape index (κ2) is 6.16. The summed E-state index contributed by atoms with van der Waals surface area (Å²) in [6, 6.07) is 2.08. The summed E-state index contributed by atoms with van der Waals surface area (Å²) in [5.41, 5.74) is 3.16. The lowest BCUT2D eigenvalue weighted by molar-refractivity contribution is 0.666. The van der Waals surface area contributed by atoms with Crippen LogP contribution in [0.25, 0.3) is 21.9 Å². The van der Waals surface area contributed by atoms with Gasteiger partial charge in [-0.3, -0.25) is 4.98 Å². The van der Waals surface area contributed by atoms with Crippen LogP contribution >= 0.6 is 11.3 Å². The number of hydrogen-bond donors (Lipinski definition) is 0. The van der Waals surface area contributed by atoms with E-state index in [1.807, 2.05) is 24.0 Å². The fourth-order valence-corrected chi connectivity index (χ4v) is 3.55. The third-order valence-corrected chi connectivity index (χ3v) is 4.87. The minimum absolute atomic E-state index is 0.666. The molecule has 0 N–H and O–H groups in total. The number of imidazole rings is 2. The van der Waals surface area contributed by atoms with Crippen molar-refractivity contribution in [3.8, 4) is 10.8 Å². The van der Waals surface area contributed by atoms with Crippen molar-refractivity contribution in [2.45, 2.75) is 33.4 Å². The highest BCUT2D eigenvalue weighted by atomic mass is 32.1. The predicted molar refractivity (Wildman–Crippen MR) is 95.0 cm³/mol. The number of aromatic nitrogens is 6. The number of hydrogen-bond acceptors (Lipinski definition) is 5. The van der Waals surface area contributed by atoms with Gasteiger partial charge in [0.25, 0.3) is 0 Å². The van der Waals surface area contributed by atoms with Crippen molar-refractivity contribution in [2.24, 2.45) is 0 Å². The number of rotatable bonds is 5. The molecular formula is C17H18N6S. The molecule has 0 radical (unpaired) electrons. The van der Waals surface area contributed by atoms with Crippen LogP contribution in [-0.2, 0) is 19.5 Å². The molecule has 4 aromatic heterocycles. The Morgan fingerprint density at radius 3 is 2.79 bits per heavy atom. The van der Waals surface area contributed by atoms with Gasteiger partial charge in [-0.05, 0) is 19.4 Å². The van der Waals surface area contributed by atoms with Gasteiger partial charge in [0, 0.05) is 36.2 Å². The summed E-state index contributed by atoms with van der Waals surface area (Å²) < 4.78 is 4.31. The first-order valence-corrected chi connectivity index (χ1v) is 8.93. The Morgan fingerprint density at radius 2 is 2.04 bits per heavy atom. The van der Waals surface area contributed by atoms with Gasteiger partial charge in [0.05, 0.1) is 23.8 Å². The van der Waals surface area contributed by atoms with Crippen molar-refractivity contribution in [3.63, 3.8) is 0 Å². The van der Waals surface area contributed by atoms with E-state index in [-0.39, 0.29) is 0 Å². The van der Waals surface area contributed by atoms with Gasteiger partial charge >= 0.3 is 0 Å². The molecule has 24 heavy (non-hydrogen) atoms. The van der Waals surface area contributed by atoms with E-state index in [2.05, 4.69) is 44.0 Å². The van der Waals surface area contributed by atoms with E-state index in [4.69, 9.17) is 4.98 Å². The van der Waals surface area contributed by atoms with Crippen molar-refractivity contribution in [1.82, 2.24) is 29.1 Å².